The van der Waals surface area contributed by atoms with Crippen LogP contribution in [-0.4, -0.2) is 12.6 Å². The summed E-state index contributed by atoms with van der Waals surface area (Å²) in [5, 5.41) is 8.45. The van der Waals surface area contributed by atoms with Gasteiger partial charge in [0.1, 0.15) is 0 Å². The van der Waals surface area contributed by atoms with E-state index in [1.54, 1.807) is 0 Å². The first-order chi connectivity index (χ1) is 18.3. The van der Waals surface area contributed by atoms with Gasteiger partial charge in [0.2, 0.25) is 0 Å². The van der Waals surface area contributed by atoms with E-state index >= 15 is 0 Å². The van der Waals surface area contributed by atoms with Crippen molar-refractivity contribution in [2.24, 2.45) is 0 Å². The van der Waals surface area contributed by atoms with E-state index < -0.39 is 0 Å². The van der Waals surface area contributed by atoms with E-state index in [0.717, 1.165) is 54.1 Å². The summed E-state index contributed by atoms with van der Waals surface area (Å²) in [7, 11) is 0. The third kappa shape index (κ3) is 2.23. The summed E-state index contributed by atoms with van der Waals surface area (Å²) in [5.41, 5.74) is 14.1. The Labute approximate surface area is 213 Å². The Balaban J connectivity index is 1.47. The van der Waals surface area contributed by atoms with Crippen LogP contribution in [0.4, 0.5) is 0 Å². The van der Waals surface area contributed by atoms with E-state index in [-0.39, 0.29) is 0 Å². The van der Waals surface area contributed by atoms with Crippen molar-refractivity contribution < 1.29 is 9.59 Å². The molecular formula is C35H20O2. The molecule has 0 bridgehead atoms. The summed E-state index contributed by atoms with van der Waals surface area (Å²) in [6.45, 7) is 0. The van der Waals surface area contributed by atoms with Crippen LogP contribution in [0.15, 0.2) is 72.8 Å². The monoisotopic (exact) mass is 472 g/mol. The summed E-state index contributed by atoms with van der Waals surface area (Å²) in [6.07, 6.45) is 4.63. The lowest BCUT2D eigenvalue weighted by atomic mass is 9.88. The van der Waals surface area contributed by atoms with E-state index in [2.05, 4.69) is 36.4 Å². The van der Waals surface area contributed by atoms with Crippen LogP contribution in [0.5, 0.6) is 0 Å². The molecule has 0 atom stereocenters. The van der Waals surface area contributed by atoms with Gasteiger partial charge in [0.25, 0.3) is 0 Å². The molecule has 0 aromatic heterocycles. The molecule has 0 fully saturated rings. The molecule has 0 heterocycles. The number of aldehydes is 2. The molecule has 9 rings (SSSR count). The molecule has 6 aromatic carbocycles. The number of hydrogen-bond donors (Lipinski definition) is 0. The minimum absolute atomic E-state index is 0.745. The Morgan fingerprint density at radius 3 is 1.32 bits per heavy atom. The first kappa shape index (κ1) is 19.6. The summed E-state index contributed by atoms with van der Waals surface area (Å²) in [4.78, 5) is 24.0. The van der Waals surface area contributed by atoms with Gasteiger partial charge in [-0.05, 0) is 119 Å². The normalized spacial score (nSPS) is 13.8. The molecule has 37 heavy (non-hydrogen) atoms. The maximum absolute atomic E-state index is 12.0. The van der Waals surface area contributed by atoms with Crippen LogP contribution >= 0.6 is 0 Å². The molecule has 2 nitrogen and oxygen atoms in total. The summed E-state index contributed by atoms with van der Waals surface area (Å²) >= 11 is 0. The molecule has 0 saturated carbocycles. The fourth-order valence-electron chi connectivity index (χ4n) is 7.64. The number of carbonyl (C=O) groups is 2. The first-order valence-corrected chi connectivity index (χ1v) is 12.9. The van der Waals surface area contributed by atoms with Gasteiger partial charge >= 0.3 is 0 Å². The van der Waals surface area contributed by atoms with Crippen LogP contribution < -0.4 is 0 Å². The Kier molecular flexibility index (Phi) is 3.50. The van der Waals surface area contributed by atoms with Crippen LogP contribution in [0.25, 0.3) is 54.6 Å². The molecule has 0 radical (unpaired) electrons. The summed E-state index contributed by atoms with van der Waals surface area (Å²) in [5.74, 6) is 0. The van der Waals surface area contributed by atoms with E-state index in [4.69, 9.17) is 0 Å². The van der Waals surface area contributed by atoms with Gasteiger partial charge in [-0.3, -0.25) is 9.59 Å². The first-order valence-electron chi connectivity index (χ1n) is 12.9. The molecule has 0 amide bonds. The van der Waals surface area contributed by atoms with Crippen molar-refractivity contribution in [2.75, 3.05) is 0 Å². The van der Waals surface area contributed by atoms with E-state index in [1.165, 1.54) is 76.8 Å². The highest BCUT2D eigenvalue weighted by Gasteiger charge is 2.34. The van der Waals surface area contributed by atoms with Crippen LogP contribution in [0.2, 0.25) is 0 Å². The topological polar surface area (TPSA) is 34.1 Å². The quantitative estimate of drug-likeness (QED) is 0.193. The molecule has 3 aliphatic carbocycles. The van der Waals surface area contributed by atoms with Crippen LogP contribution in [0.3, 0.4) is 0 Å². The van der Waals surface area contributed by atoms with Crippen molar-refractivity contribution >= 4 is 44.9 Å². The van der Waals surface area contributed by atoms with Crippen molar-refractivity contribution in [1.82, 2.24) is 0 Å². The second-order valence-electron chi connectivity index (χ2n) is 10.7. The highest BCUT2D eigenvalue weighted by Crippen LogP contribution is 2.56. The van der Waals surface area contributed by atoms with Gasteiger partial charge in [-0.2, -0.15) is 0 Å². The molecular weight excluding hydrogens is 452 g/mol. The van der Waals surface area contributed by atoms with Crippen LogP contribution in [0, 0.1) is 0 Å². The zero-order valence-electron chi connectivity index (χ0n) is 20.0. The zero-order valence-corrected chi connectivity index (χ0v) is 20.0. The average Bonchev–Trinajstić information content (AvgIpc) is 3.62. The second kappa shape index (κ2) is 6.60. The Morgan fingerprint density at radius 1 is 0.432 bits per heavy atom. The number of rotatable bonds is 4. The Bertz CT molecular complexity index is 1920. The third-order valence-corrected chi connectivity index (χ3v) is 9.03. The maximum atomic E-state index is 12.0. The third-order valence-electron chi connectivity index (χ3n) is 9.03. The van der Waals surface area contributed by atoms with Crippen molar-refractivity contribution in [3.05, 3.63) is 117 Å². The van der Waals surface area contributed by atoms with Gasteiger partial charge in [-0.1, -0.05) is 60.7 Å². The largest absolute Gasteiger partial charge is 0.298 e. The minimum atomic E-state index is 0.745. The van der Waals surface area contributed by atoms with Crippen molar-refractivity contribution in [2.45, 2.75) is 19.3 Å². The van der Waals surface area contributed by atoms with Gasteiger partial charge < -0.3 is 0 Å². The lowest BCUT2D eigenvalue weighted by Gasteiger charge is -2.15. The Hall–Kier alpha value is -4.56. The van der Waals surface area contributed by atoms with E-state index in [0.29, 0.717) is 0 Å². The molecule has 3 aliphatic rings. The predicted molar refractivity (Wildman–Crippen MR) is 149 cm³/mol. The highest BCUT2D eigenvalue weighted by atomic mass is 16.1. The molecule has 0 spiro atoms. The molecule has 0 saturated heterocycles. The number of benzene rings is 6. The summed E-state index contributed by atoms with van der Waals surface area (Å²) < 4.78 is 0. The molecule has 0 N–H and O–H groups in total. The van der Waals surface area contributed by atoms with E-state index in [1.807, 2.05) is 36.4 Å². The van der Waals surface area contributed by atoms with Gasteiger partial charge in [0, 0.05) is 11.1 Å². The smallest absolute Gasteiger partial charge is 0.150 e. The number of hydrogen-bond acceptors (Lipinski definition) is 2. The van der Waals surface area contributed by atoms with Gasteiger partial charge in [0.05, 0.1) is 0 Å². The van der Waals surface area contributed by atoms with Gasteiger partial charge in [0.15, 0.2) is 12.6 Å². The average molecular weight is 473 g/mol. The van der Waals surface area contributed by atoms with Crippen LogP contribution in [-0.2, 0) is 19.3 Å². The standard InChI is InChI=1S/C35H20O2/c36-16-20-5-1-3-7-24(20)26-14-22-11-23-15-27(25-8-4-2-6-21(25)17-37)29-13-19-10-9-18-12-28(26)34-30(18)31(19)35(29)33(23)32(22)34/h1-10,14-17H,11-13H2. The molecule has 6 aromatic rings. The maximum Gasteiger partial charge on any atom is 0.150 e. The molecule has 0 aliphatic heterocycles. The highest BCUT2D eigenvalue weighted by molar-refractivity contribution is 6.34. The SMILES string of the molecule is O=Cc1ccccc1-c1cc2c3c4c(cc(-c5ccccc5C=O)c5c4c4c(ccc6c4c3c1C6)C5)C2. The lowest BCUT2D eigenvalue weighted by molar-refractivity contribution is 0.111. The van der Waals surface area contributed by atoms with E-state index in [9.17, 15) is 9.59 Å². The fraction of sp³-hybridized carbons (Fsp3) is 0.0857. The number of carbonyl (C=O) groups excluding carboxylic acids is 2. The lowest BCUT2D eigenvalue weighted by Crippen LogP contribution is -1.94. The predicted octanol–water partition coefficient (Wildman–Crippen LogP) is 7.82. The summed E-state index contributed by atoms with van der Waals surface area (Å²) in [6, 6.07) is 25.3. The Morgan fingerprint density at radius 2 is 0.865 bits per heavy atom. The van der Waals surface area contributed by atoms with Gasteiger partial charge in [-0.25, -0.2) is 0 Å². The van der Waals surface area contributed by atoms with Crippen molar-refractivity contribution in [3.63, 3.8) is 0 Å². The van der Waals surface area contributed by atoms with Crippen LogP contribution in [0.1, 0.15) is 54.1 Å². The zero-order chi connectivity index (χ0) is 24.4. The fourth-order valence-corrected chi connectivity index (χ4v) is 7.64. The van der Waals surface area contributed by atoms with Crippen molar-refractivity contribution in [3.8, 4) is 22.3 Å². The minimum Gasteiger partial charge on any atom is -0.298 e. The molecule has 2 heteroatoms. The molecule has 0 unspecified atom stereocenters. The second-order valence-corrected chi connectivity index (χ2v) is 10.7. The van der Waals surface area contributed by atoms with Gasteiger partial charge in [-0.15, -0.1) is 0 Å². The van der Waals surface area contributed by atoms with Crippen molar-refractivity contribution in [1.29, 1.82) is 0 Å². The molecule has 172 valence electrons.